The fourth-order valence-corrected chi connectivity index (χ4v) is 3.00. The van der Waals surface area contributed by atoms with Crippen LogP contribution in [0.5, 0.6) is 0 Å². The Labute approximate surface area is 125 Å². The molecule has 2 aliphatic heterocycles. The van der Waals surface area contributed by atoms with E-state index in [1.807, 2.05) is 6.07 Å². The van der Waals surface area contributed by atoms with Crippen molar-refractivity contribution in [1.82, 2.24) is 0 Å². The first kappa shape index (κ1) is 14.1. The molecule has 0 fully saturated rings. The van der Waals surface area contributed by atoms with E-state index < -0.39 is 6.04 Å². The third kappa shape index (κ3) is 2.43. The number of amides is 1. The molecular formula is C16H21N3O2. The van der Waals surface area contributed by atoms with Crippen molar-refractivity contribution in [3.63, 3.8) is 0 Å². The molecular weight excluding hydrogens is 266 g/mol. The molecule has 3 rings (SSSR count). The molecule has 0 aliphatic carbocycles. The number of carbonyl (C=O) groups excluding carboxylic acids is 1. The molecule has 5 heteroatoms. The number of fused-ring (bicyclic) bond motifs is 1. The van der Waals surface area contributed by atoms with Crippen LogP contribution in [-0.4, -0.2) is 39.8 Å². The summed E-state index contributed by atoms with van der Waals surface area (Å²) in [5, 5.41) is 0. The van der Waals surface area contributed by atoms with Crippen LogP contribution in [0.3, 0.4) is 0 Å². The highest BCUT2D eigenvalue weighted by atomic mass is 16.5. The molecule has 2 aliphatic rings. The average molecular weight is 287 g/mol. The number of methoxy groups -OCH3 is 1. The van der Waals surface area contributed by atoms with Crippen LogP contribution in [-0.2, 0) is 9.53 Å². The zero-order chi connectivity index (χ0) is 15.0. The van der Waals surface area contributed by atoms with Gasteiger partial charge in [0.05, 0.1) is 12.3 Å². The van der Waals surface area contributed by atoms with Crippen molar-refractivity contribution in [2.75, 3.05) is 43.7 Å². The molecule has 0 saturated heterocycles. The van der Waals surface area contributed by atoms with Crippen LogP contribution in [0.25, 0.3) is 0 Å². The molecule has 5 nitrogen and oxygen atoms in total. The third-order valence-corrected chi connectivity index (χ3v) is 4.31. The number of ether oxygens (including phenoxy) is 1. The molecule has 0 saturated carbocycles. The van der Waals surface area contributed by atoms with Crippen LogP contribution >= 0.6 is 0 Å². The molecule has 0 radical (unpaired) electrons. The van der Waals surface area contributed by atoms with E-state index in [-0.39, 0.29) is 5.91 Å². The van der Waals surface area contributed by atoms with Gasteiger partial charge in [0.1, 0.15) is 6.04 Å². The highest BCUT2D eigenvalue weighted by Crippen LogP contribution is 2.36. The normalized spacial score (nSPS) is 21.6. The van der Waals surface area contributed by atoms with E-state index in [0.717, 1.165) is 36.4 Å². The van der Waals surface area contributed by atoms with E-state index in [9.17, 15) is 4.79 Å². The van der Waals surface area contributed by atoms with Gasteiger partial charge in [-0.05, 0) is 24.1 Å². The Balaban J connectivity index is 1.82. The van der Waals surface area contributed by atoms with Gasteiger partial charge in [-0.1, -0.05) is 12.1 Å². The van der Waals surface area contributed by atoms with Crippen molar-refractivity contribution in [3.05, 3.63) is 35.4 Å². The number of hydrogen-bond donors (Lipinski definition) is 1. The number of nitrogens with zero attached hydrogens (tertiary/aromatic N) is 2. The average Bonchev–Trinajstić information content (AvgIpc) is 2.73. The lowest BCUT2D eigenvalue weighted by molar-refractivity contribution is -0.118. The first-order chi connectivity index (χ1) is 10.1. The molecule has 21 heavy (non-hydrogen) atoms. The first-order valence-corrected chi connectivity index (χ1v) is 7.20. The van der Waals surface area contributed by atoms with Crippen molar-refractivity contribution in [3.8, 4) is 0 Å². The molecule has 1 aromatic rings. The Hall–Kier alpha value is -1.85. The van der Waals surface area contributed by atoms with Gasteiger partial charge in [-0.15, -0.1) is 0 Å². The fourth-order valence-electron chi connectivity index (χ4n) is 3.00. The summed E-state index contributed by atoms with van der Waals surface area (Å²) >= 11 is 0. The standard InChI is InChI=1S/C16H21N3O2/c1-18-14-9-12(3-4-13(14)15(17)16(18)20)19-7-5-11(6-8-19)10-21-2/h3-5,9,15H,6-8,10,17H2,1-2H3. The highest BCUT2D eigenvalue weighted by Gasteiger charge is 2.32. The summed E-state index contributed by atoms with van der Waals surface area (Å²) in [6.07, 6.45) is 3.24. The van der Waals surface area contributed by atoms with Gasteiger partial charge in [0, 0.05) is 38.5 Å². The second-order valence-corrected chi connectivity index (χ2v) is 5.61. The zero-order valence-corrected chi connectivity index (χ0v) is 12.5. The Morgan fingerprint density at radius 1 is 1.43 bits per heavy atom. The second kappa shape index (κ2) is 5.50. The maximum atomic E-state index is 11.9. The van der Waals surface area contributed by atoms with E-state index in [1.165, 1.54) is 5.57 Å². The van der Waals surface area contributed by atoms with Gasteiger partial charge in [-0.3, -0.25) is 4.79 Å². The fraction of sp³-hybridized carbons (Fsp3) is 0.438. The van der Waals surface area contributed by atoms with E-state index in [1.54, 1.807) is 19.1 Å². The molecule has 112 valence electrons. The van der Waals surface area contributed by atoms with Gasteiger partial charge in [0.25, 0.3) is 0 Å². The van der Waals surface area contributed by atoms with Crippen LogP contribution in [0.1, 0.15) is 18.0 Å². The van der Waals surface area contributed by atoms with E-state index >= 15 is 0 Å². The lowest BCUT2D eigenvalue weighted by Gasteiger charge is -2.29. The molecule has 2 heterocycles. The minimum atomic E-state index is -0.520. The predicted molar refractivity (Wildman–Crippen MR) is 83.6 cm³/mol. The summed E-state index contributed by atoms with van der Waals surface area (Å²) in [4.78, 5) is 15.9. The number of nitrogens with two attached hydrogens (primary N) is 1. The number of likely N-dealkylation sites (N-methyl/N-ethyl adjacent to an activating group) is 1. The van der Waals surface area contributed by atoms with Crippen molar-refractivity contribution >= 4 is 17.3 Å². The summed E-state index contributed by atoms with van der Waals surface area (Å²) in [6.45, 7) is 2.56. The van der Waals surface area contributed by atoms with Crippen LogP contribution in [0.4, 0.5) is 11.4 Å². The Morgan fingerprint density at radius 2 is 2.24 bits per heavy atom. The molecule has 0 aromatic heterocycles. The van der Waals surface area contributed by atoms with E-state index in [4.69, 9.17) is 10.5 Å². The molecule has 0 spiro atoms. The summed E-state index contributed by atoms with van der Waals surface area (Å²) in [7, 11) is 3.51. The lowest BCUT2D eigenvalue weighted by atomic mass is 10.1. The van der Waals surface area contributed by atoms with Crippen molar-refractivity contribution < 1.29 is 9.53 Å². The Kier molecular flexibility index (Phi) is 3.69. The summed E-state index contributed by atoms with van der Waals surface area (Å²) in [6, 6.07) is 5.58. The van der Waals surface area contributed by atoms with Gasteiger partial charge < -0.3 is 20.3 Å². The maximum Gasteiger partial charge on any atom is 0.248 e. The van der Waals surface area contributed by atoms with Crippen molar-refractivity contribution in [2.24, 2.45) is 5.73 Å². The molecule has 1 atom stereocenters. The Bertz CT molecular complexity index is 597. The van der Waals surface area contributed by atoms with Crippen molar-refractivity contribution in [1.29, 1.82) is 0 Å². The van der Waals surface area contributed by atoms with Gasteiger partial charge in [0.2, 0.25) is 5.91 Å². The summed E-state index contributed by atoms with van der Waals surface area (Å²) in [5.41, 5.74) is 10.3. The van der Waals surface area contributed by atoms with Crippen LogP contribution < -0.4 is 15.5 Å². The van der Waals surface area contributed by atoms with Gasteiger partial charge in [-0.2, -0.15) is 0 Å². The zero-order valence-electron chi connectivity index (χ0n) is 12.5. The van der Waals surface area contributed by atoms with Gasteiger partial charge in [-0.25, -0.2) is 0 Å². The van der Waals surface area contributed by atoms with Gasteiger partial charge in [0.15, 0.2) is 0 Å². The predicted octanol–water partition coefficient (Wildman–Crippen LogP) is 1.45. The van der Waals surface area contributed by atoms with E-state index in [0.29, 0.717) is 6.61 Å². The molecule has 0 bridgehead atoms. The number of carbonyl (C=O) groups is 1. The molecule has 1 unspecified atom stereocenters. The topological polar surface area (TPSA) is 58.8 Å². The number of benzene rings is 1. The van der Waals surface area contributed by atoms with Crippen LogP contribution in [0.2, 0.25) is 0 Å². The van der Waals surface area contributed by atoms with Crippen LogP contribution in [0.15, 0.2) is 29.8 Å². The number of hydrogen-bond acceptors (Lipinski definition) is 4. The summed E-state index contributed by atoms with van der Waals surface area (Å²) in [5.74, 6) is -0.0388. The van der Waals surface area contributed by atoms with E-state index in [2.05, 4.69) is 23.1 Å². The minimum Gasteiger partial charge on any atom is -0.380 e. The number of anilines is 2. The quantitative estimate of drug-likeness (QED) is 0.855. The molecule has 1 aromatic carbocycles. The Morgan fingerprint density at radius 3 is 2.90 bits per heavy atom. The molecule has 2 N–H and O–H groups in total. The maximum absolute atomic E-state index is 11.9. The number of rotatable bonds is 3. The molecule has 1 amide bonds. The van der Waals surface area contributed by atoms with Crippen LogP contribution in [0, 0.1) is 0 Å². The minimum absolute atomic E-state index is 0.0388. The smallest absolute Gasteiger partial charge is 0.248 e. The first-order valence-electron chi connectivity index (χ1n) is 7.20. The lowest BCUT2D eigenvalue weighted by Crippen LogP contribution is -2.29. The largest absolute Gasteiger partial charge is 0.380 e. The van der Waals surface area contributed by atoms with Crippen molar-refractivity contribution in [2.45, 2.75) is 12.5 Å². The highest BCUT2D eigenvalue weighted by molar-refractivity contribution is 6.04. The SMILES string of the molecule is COCC1=CCN(c2ccc3c(c2)N(C)C(=O)C3N)CC1. The van der Waals surface area contributed by atoms with Gasteiger partial charge >= 0.3 is 0 Å². The second-order valence-electron chi connectivity index (χ2n) is 5.61. The monoisotopic (exact) mass is 287 g/mol. The summed E-state index contributed by atoms with van der Waals surface area (Å²) < 4.78 is 5.18. The third-order valence-electron chi connectivity index (χ3n) is 4.31.